The van der Waals surface area contributed by atoms with Crippen molar-refractivity contribution in [2.24, 2.45) is 0 Å². The third kappa shape index (κ3) is 3.97. The van der Waals surface area contributed by atoms with Gasteiger partial charge in [0.25, 0.3) is 0 Å². The van der Waals surface area contributed by atoms with Crippen molar-refractivity contribution in [1.82, 2.24) is 5.32 Å². The van der Waals surface area contributed by atoms with E-state index in [9.17, 15) is 4.79 Å². The van der Waals surface area contributed by atoms with Gasteiger partial charge in [-0.3, -0.25) is 4.79 Å². The first kappa shape index (κ1) is 12.7. The molecule has 1 amide bonds. The van der Waals surface area contributed by atoms with E-state index in [2.05, 4.69) is 37.2 Å². The molecule has 0 heterocycles. The minimum Gasteiger partial charge on any atom is -0.324 e. The van der Waals surface area contributed by atoms with Gasteiger partial charge in [-0.2, -0.15) is 0 Å². The maximum Gasteiger partial charge on any atom is 0.221 e. The second-order valence-corrected chi connectivity index (χ2v) is 5.91. The van der Waals surface area contributed by atoms with Crippen molar-refractivity contribution in [3.8, 4) is 0 Å². The SMILES string of the molecule is CC(=O)NC(=C(Br)Br)c1ccc(Cl)cc1. The Morgan fingerprint density at radius 1 is 1.27 bits per heavy atom. The summed E-state index contributed by atoms with van der Waals surface area (Å²) in [6, 6.07) is 7.19. The molecule has 1 N–H and O–H groups in total. The number of carbonyl (C=O) groups excluding carboxylic acids is 1. The first-order valence-corrected chi connectivity index (χ1v) is 6.06. The van der Waals surface area contributed by atoms with Crippen molar-refractivity contribution < 1.29 is 4.79 Å². The van der Waals surface area contributed by atoms with Crippen molar-refractivity contribution in [3.63, 3.8) is 0 Å². The Kier molecular flexibility index (Phi) is 4.83. The Bertz CT molecular complexity index is 396. The van der Waals surface area contributed by atoms with Crippen LogP contribution in [-0.2, 0) is 4.79 Å². The van der Waals surface area contributed by atoms with Gasteiger partial charge in [-0.1, -0.05) is 23.7 Å². The van der Waals surface area contributed by atoms with Crippen LogP contribution in [0, 0.1) is 0 Å². The molecule has 0 saturated carbocycles. The average Bonchev–Trinajstić information content (AvgIpc) is 2.15. The van der Waals surface area contributed by atoms with E-state index < -0.39 is 0 Å². The van der Waals surface area contributed by atoms with Gasteiger partial charge in [-0.15, -0.1) is 0 Å². The number of hydrogen-bond donors (Lipinski definition) is 1. The first-order valence-electron chi connectivity index (χ1n) is 4.09. The summed E-state index contributed by atoms with van der Waals surface area (Å²) in [5.41, 5.74) is 1.55. The Morgan fingerprint density at radius 2 is 1.80 bits per heavy atom. The standard InChI is InChI=1S/C10H8Br2ClNO/c1-6(15)14-9(10(11)12)7-2-4-8(13)5-3-7/h2-5H,1H3,(H,14,15). The van der Waals surface area contributed by atoms with Gasteiger partial charge in [0.2, 0.25) is 5.91 Å². The van der Waals surface area contributed by atoms with Gasteiger partial charge in [-0.05, 0) is 49.6 Å². The van der Waals surface area contributed by atoms with E-state index in [4.69, 9.17) is 11.6 Å². The summed E-state index contributed by atoms with van der Waals surface area (Å²) < 4.78 is 0.688. The highest BCUT2D eigenvalue weighted by Crippen LogP contribution is 2.26. The number of carbonyl (C=O) groups is 1. The van der Waals surface area contributed by atoms with Crippen molar-refractivity contribution in [3.05, 3.63) is 38.2 Å². The lowest BCUT2D eigenvalue weighted by molar-refractivity contribution is -0.117. The minimum atomic E-state index is -0.128. The van der Waals surface area contributed by atoms with Gasteiger partial charge in [0, 0.05) is 11.9 Å². The van der Waals surface area contributed by atoms with Crippen LogP contribution in [0.1, 0.15) is 12.5 Å². The molecule has 0 bridgehead atoms. The predicted octanol–water partition coefficient (Wildman–Crippen LogP) is 3.89. The van der Waals surface area contributed by atoms with Crippen LogP contribution >= 0.6 is 43.5 Å². The van der Waals surface area contributed by atoms with Crippen molar-refractivity contribution >= 4 is 55.1 Å². The number of benzene rings is 1. The zero-order valence-electron chi connectivity index (χ0n) is 7.85. The molecule has 0 unspecified atom stereocenters. The summed E-state index contributed by atoms with van der Waals surface area (Å²) in [4.78, 5) is 11.0. The van der Waals surface area contributed by atoms with Crippen LogP contribution in [0.2, 0.25) is 5.02 Å². The van der Waals surface area contributed by atoms with Crippen LogP contribution in [0.25, 0.3) is 5.70 Å². The highest BCUT2D eigenvalue weighted by Gasteiger charge is 2.07. The third-order valence-corrected chi connectivity index (χ3v) is 2.67. The fourth-order valence-corrected chi connectivity index (χ4v) is 1.80. The summed E-state index contributed by atoms with van der Waals surface area (Å²) in [5, 5.41) is 3.38. The largest absolute Gasteiger partial charge is 0.324 e. The van der Waals surface area contributed by atoms with Gasteiger partial charge in [0.1, 0.15) is 0 Å². The van der Waals surface area contributed by atoms with Gasteiger partial charge in [0.05, 0.1) is 9.09 Å². The molecule has 5 heteroatoms. The molecule has 0 atom stereocenters. The smallest absolute Gasteiger partial charge is 0.221 e. The predicted molar refractivity (Wildman–Crippen MR) is 70.0 cm³/mol. The fraction of sp³-hybridized carbons (Fsp3) is 0.100. The number of amides is 1. The van der Waals surface area contributed by atoms with E-state index in [-0.39, 0.29) is 5.91 Å². The molecule has 15 heavy (non-hydrogen) atoms. The van der Waals surface area contributed by atoms with Gasteiger partial charge in [0.15, 0.2) is 0 Å². The zero-order valence-corrected chi connectivity index (χ0v) is 11.8. The summed E-state index contributed by atoms with van der Waals surface area (Å²) in [7, 11) is 0. The molecule has 0 aliphatic carbocycles. The summed E-state index contributed by atoms with van der Waals surface area (Å²) in [6.07, 6.45) is 0. The molecular weight excluding hydrogens is 345 g/mol. The molecule has 0 radical (unpaired) electrons. The lowest BCUT2D eigenvalue weighted by Gasteiger charge is -2.08. The topological polar surface area (TPSA) is 29.1 Å². The maximum absolute atomic E-state index is 11.0. The molecule has 1 aromatic rings. The number of halogens is 3. The average molecular weight is 353 g/mol. The lowest BCUT2D eigenvalue weighted by atomic mass is 10.2. The molecule has 0 spiro atoms. The highest BCUT2D eigenvalue weighted by molar-refractivity contribution is 9.28. The Morgan fingerprint density at radius 3 is 2.20 bits per heavy atom. The van der Waals surface area contributed by atoms with Gasteiger partial charge >= 0.3 is 0 Å². The minimum absolute atomic E-state index is 0.128. The summed E-state index contributed by atoms with van der Waals surface area (Å²) >= 11 is 12.3. The second kappa shape index (κ2) is 5.68. The molecule has 80 valence electrons. The van der Waals surface area contributed by atoms with E-state index in [1.165, 1.54) is 6.92 Å². The molecule has 0 aliphatic rings. The van der Waals surface area contributed by atoms with Crippen LogP contribution in [0.4, 0.5) is 0 Å². The zero-order chi connectivity index (χ0) is 11.4. The lowest BCUT2D eigenvalue weighted by Crippen LogP contribution is -2.18. The summed E-state index contributed by atoms with van der Waals surface area (Å²) in [6.45, 7) is 1.46. The van der Waals surface area contributed by atoms with Crippen molar-refractivity contribution in [1.29, 1.82) is 0 Å². The van der Waals surface area contributed by atoms with E-state index in [0.29, 0.717) is 14.1 Å². The van der Waals surface area contributed by atoms with Crippen LogP contribution < -0.4 is 5.32 Å². The number of rotatable bonds is 2. The van der Waals surface area contributed by atoms with Crippen LogP contribution in [0.3, 0.4) is 0 Å². The molecule has 0 aromatic heterocycles. The van der Waals surface area contributed by atoms with Crippen LogP contribution in [-0.4, -0.2) is 5.91 Å². The second-order valence-electron chi connectivity index (χ2n) is 2.82. The van der Waals surface area contributed by atoms with Crippen LogP contribution in [0.15, 0.2) is 27.7 Å². The summed E-state index contributed by atoms with van der Waals surface area (Å²) in [5.74, 6) is -0.128. The molecule has 0 aliphatic heterocycles. The molecule has 1 rings (SSSR count). The quantitative estimate of drug-likeness (QED) is 0.859. The Balaban J connectivity index is 3.06. The monoisotopic (exact) mass is 351 g/mol. The van der Waals surface area contributed by atoms with E-state index >= 15 is 0 Å². The highest BCUT2D eigenvalue weighted by atomic mass is 79.9. The third-order valence-electron chi connectivity index (χ3n) is 1.62. The molecule has 0 fully saturated rings. The Labute approximate surface area is 110 Å². The molecular formula is C10H8Br2ClNO. The van der Waals surface area contributed by atoms with Crippen molar-refractivity contribution in [2.45, 2.75) is 6.92 Å². The number of nitrogens with one attached hydrogen (secondary N) is 1. The normalized spacial score (nSPS) is 9.60. The number of hydrogen-bond acceptors (Lipinski definition) is 1. The van der Waals surface area contributed by atoms with Crippen molar-refractivity contribution in [2.75, 3.05) is 0 Å². The van der Waals surface area contributed by atoms with E-state index in [0.717, 1.165) is 5.56 Å². The Hall–Kier alpha value is -0.320. The van der Waals surface area contributed by atoms with Gasteiger partial charge < -0.3 is 5.32 Å². The van der Waals surface area contributed by atoms with E-state index in [1.54, 1.807) is 12.1 Å². The molecule has 0 saturated heterocycles. The van der Waals surface area contributed by atoms with Gasteiger partial charge in [-0.25, -0.2) is 0 Å². The molecule has 2 nitrogen and oxygen atoms in total. The van der Waals surface area contributed by atoms with E-state index in [1.807, 2.05) is 12.1 Å². The first-order chi connectivity index (χ1) is 7.00. The van der Waals surface area contributed by atoms with Crippen LogP contribution in [0.5, 0.6) is 0 Å². The maximum atomic E-state index is 11.0. The molecule has 1 aromatic carbocycles. The fourth-order valence-electron chi connectivity index (χ4n) is 1.02.